The number of Topliss-reactive ketones (excluding diaryl/α,β-unsaturated/α-hetero) is 1. The van der Waals surface area contributed by atoms with Gasteiger partial charge in [-0.15, -0.1) is 0 Å². The Morgan fingerprint density at radius 1 is 1.39 bits per heavy atom. The molecule has 0 heterocycles. The monoisotopic (exact) mass is 312 g/mol. The Balaban J connectivity index is 2.10. The van der Waals surface area contributed by atoms with Gasteiger partial charge in [0.2, 0.25) is 0 Å². The summed E-state index contributed by atoms with van der Waals surface area (Å²) in [5, 5.41) is 0.966. The highest BCUT2D eigenvalue weighted by atomic mass is 79.9. The van der Waals surface area contributed by atoms with E-state index in [0.717, 1.165) is 5.33 Å². The van der Waals surface area contributed by atoms with Gasteiger partial charge in [0, 0.05) is 16.3 Å². The third kappa shape index (κ3) is 2.86. The topological polar surface area (TPSA) is 35.5 Å². The van der Waals surface area contributed by atoms with Crippen LogP contribution in [-0.2, 0) is 0 Å². The van der Waals surface area contributed by atoms with E-state index in [9.17, 15) is 4.79 Å². The second kappa shape index (κ2) is 5.31. The van der Waals surface area contributed by atoms with Crippen LogP contribution >= 0.6 is 15.9 Å². The van der Waals surface area contributed by atoms with Crippen molar-refractivity contribution in [3.05, 3.63) is 23.8 Å². The summed E-state index contributed by atoms with van der Waals surface area (Å²) in [5.74, 6) is 1.35. The molecule has 0 atom stereocenters. The van der Waals surface area contributed by atoms with Crippen LogP contribution in [0, 0.1) is 5.41 Å². The van der Waals surface area contributed by atoms with Gasteiger partial charge in [-0.1, -0.05) is 15.9 Å². The molecule has 0 N–H and O–H groups in total. The Morgan fingerprint density at radius 2 is 2.11 bits per heavy atom. The molecule has 1 aliphatic carbocycles. The van der Waals surface area contributed by atoms with Gasteiger partial charge in [-0.05, 0) is 38.0 Å². The van der Waals surface area contributed by atoms with Crippen LogP contribution in [0.2, 0.25) is 0 Å². The van der Waals surface area contributed by atoms with Gasteiger partial charge in [-0.25, -0.2) is 0 Å². The summed E-state index contributed by atoms with van der Waals surface area (Å²) in [4.78, 5) is 11.3. The van der Waals surface area contributed by atoms with E-state index in [-0.39, 0.29) is 5.78 Å². The van der Waals surface area contributed by atoms with Gasteiger partial charge in [0.05, 0.1) is 13.7 Å². The first-order valence-electron chi connectivity index (χ1n) is 5.98. The second-order valence-electron chi connectivity index (χ2n) is 4.84. The molecule has 0 aliphatic heterocycles. The summed E-state index contributed by atoms with van der Waals surface area (Å²) in [6.45, 7) is 2.23. The molecule has 2 rings (SSSR count). The van der Waals surface area contributed by atoms with E-state index in [0.29, 0.717) is 29.1 Å². The zero-order valence-corrected chi connectivity index (χ0v) is 12.2. The van der Waals surface area contributed by atoms with Crippen molar-refractivity contribution in [3.8, 4) is 11.5 Å². The Kier molecular flexibility index (Phi) is 3.95. The lowest BCUT2D eigenvalue weighted by Crippen LogP contribution is -2.14. The molecule has 1 aromatic rings. The minimum absolute atomic E-state index is 0.0268. The summed E-state index contributed by atoms with van der Waals surface area (Å²) in [6, 6.07) is 5.30. The molecular weight excluding hydrogens is 296 g/mol. The van der Waals surface area contributed by atoms with E-state index < -0.39 is 0 Å². The summed E-state index contributed by atoms with van der Waals surface area (Å²) < 4.78 is 11.1. The van der Waals surface area contributed by atoms with Gasteiger partial charge in [-0.3, -0.25) is 4.79 Å². The van der Waals surface area contributed by atoms with Gasteiger partial charge in [0.25, 0.3) is 0 Å². The molecule has 0 spiro atoms. The largest absolute Gasteiger partial charge is 0.493 e. The molecule has 98 valence electrons. The van der Waals surface area contributed by atoms with Crippen LogP contribution in [0.3, 0.4) is 0 Å². The van der Waals surface area contributed by atoms with Crippen LogP contribution in [0.5, 0.6) is 11.5 Å². The summed E-state index contributed by atoms with van der Waals surface area (Å²) in [5.41, 5.74) is 0.936. The van der Waals surface area contributed by atoms with Gasteiger partial charge >= 0.3 is 0 Å². The standard InChI is InChI=1S/C14H17BrO3/c1-10(16)11-3-4-12(13(7-11)17-2)18-9-14(8-15)5-6-14/h3-4,7H,5-6,8-9H2,1-2H3. The Hall–Kier alpha value is -1.03. The van der Waals surface area contributed by atoms with Crippen molar-refractivity contribution in [1.82, 2.24) is 0 Å². The van der Waals surface area contributed by atoms with E-state index in [2.05, 4.69) is 15.9 Å². The molecule has 3 nitrogen and oxygen atoms in total. The first-order valence-corrected chi connectivity index (χ1v) is 7.10. The van der Waals surface area contributed by atoms with Crippen LogP contribution in [0.25, 0.3) is 0 Å². The van der Waals surface area contributed by atoms with Crippen molar-refractivity contribution < 1.29 is 14.3 Å². The predicted octanol–water partition coefficient (Wildman–Crippen LogP) is 3.45. The lowest BCUT2D eigenvalue weighted by Gasteiger charge is -2.15. The molecule has 0 radical (unpaired) electrons. The fourth-order valence-electron chi connectivity index (χ4n) is 1.73. The maximum atomic E-state index is 11.3. The van der Waals surface area contributed by atoms with Crippen molar-refractivity contribution in [3.63, 3.8) is 0 Å². The molecule has 0 unspecified atom stereocenters. The third-order valence-electron chi connectivity index (χ3n) is 3.34. The number of halogens is 1. The molecule has 18 heavy (non-hydrogen) atoms. The molecule has 1 aliphatic rings. The first-order chi connectivity index (χ1) is 8.60. The highest BCUT2D eigenvalue weighted by molar-refractivity contribution is 9.09. The van der Waals surface area contributed by atoms with Crippen molar-refractivity contribution in [2.45, 2.75) is 19.8 Å². The van der Waals surface area contributed by atoms with E-state index in [1.165, 1.54) is 12.8 Å². The summed E-state index contributed by atoms with van der Waals surface area (Å²) in [6.07, 6.45) is 2.40. The van der Waals surface area contributed by atoms with Gasteiger partial charge in [0.1, 0.15) is 0 Å². The lowest BCUT2D eigenvalue weighted by atomic mass is 10.1. The molecule has 1 aromatic carbocycles. The number of ether oxygens (including phenoxy) is 2. The maximum Gasteiger partial charge on any atom is 0.161 e. The second-order valence-corrected chi connectivity index (χ2v) is 5.40. The molecule has 0 amide bonds. The Bertz CT molecular complexity index is 452. The Morgan fingerprint density at radius 3 is 2.61 bits per heavy atom. The highest BCUT2D eigenvalue weighted by Crippen LogP contribution is 2.47. The zero-order chi connectivity index (χ0) is 13.2. The normalized spacial score (nSPS) is 16.2. The number of ketones is 1. The van der Waals surface area contributed by atoms with Gasteiger partial charge in [0.15, 0.2) is 17.3 Å². The number of alkyl halides is 1. The van der Waals surface area contributed by atoms with Gasteiger partial charge in [-0.2, -0.15) is 0 Å². The molecule has 0 bridgehead atoms. The van der Waals surface area contributed by atoms with Crippen molar-refractivity contribution in [2.75, 3.05) is 19.0 Å². The lowest BCUT2D eigenvalue weighted by molar-refractivity contribution is 0.101. The molecule has 0 saturated heterocycles. The van der Waals surface area contributed by atoms with Crippen LogP contribution in [0.15, 0.2) is 18.2 Å². The average Bonchev–Trinajstić information content (AvgIpc) is 3.16. The minimum Gasteiger partial charge on any atom is -0.493 e. The first kappa shape index (κ1) is 13.4. The summed E-state index contributed by atoms with van der Waals surface area (Å²) >= 11 is 3.52. The number of hydrogen-bond donors (Lipinski definition) is 0. The van der Waals surface area contributed by atoms with Crippen LogP contribution < -0.4 is 9.47 Å². The van der Waals surface area contributed by atoms with Gasteiger partial charge < -0.3 is 9.47 Å². The van der Waals surface area contributed by atoms with Crippen LogP contribution in [-0.4, -0.2) is 24.8 Å². The molecular formula is C14H17BrO3. The van der Waals surface area contributed by atoms with E-state index in [4.69, 9.17) is 9.47 Å². The zero-order valence-electron chi connectivity index (χ0n) is 10.7. The van der Waals surface area contributed by atoms with Crippen molar-refractivity contribution >= 4 is 21.7 Å². The number of carbonyl (C=O) groups excluding carboxylic acids is 1. The quantitative estimate of drug-likeness (QED) is 0.596. The Labute approximate surface area is 116 Å². The van der Waals surface area contributed by atoms with E-state index >= 15 is 0 Å². The molecule has 1 saturated carbocycles. The SMILES string of the molecule is COc1cc(C(C)=O)ccc1OCC1(CBr)CC1. The predicted molar refractivity (Wildman–Crippen MR) is 74.0 cm³/mol. The number of hydrogen-bond acceptors (Lipinski definition) is 3. The minimum atomic E-state index is 0.0268. The fourth-order valence-corrected chi connectivity index (χ4v) is 2.45. The number of carbonyl (C=O) groups is 1. The molecule has 0 aromatic heterocycles. The number of rotatable bonds is 6. The molecule has 1 fully saturated rings. The van der Waals surface area contributed by atoms with Crippen molar-refractivity contribution in [2.24, 2.45) is 5.41 Å². The molecule has 4 heteroatoms. The average molecular weight is 313 g/mol. The van der Waals surface area contributed by atoms with Crippen LogP contribution in [0.1, 0.15) is 30.1 Å². The maximum absolute atomic E-state index is 11.3. The fraction of sp³-hybridized carbons (Fsp3) is 0.500. The van der Waals surface area contributed by atoms with E-state index in [1.54, 1.807) is 32.2 Å². The van der Waals surface area contributed by atoms with E-state index in [1.807, 2.05) is 0 Å². The number of benzene rings is 1. The smallest absolute Gasteiger partial charge is 0.161 e. The van der Waals surface area contributed by atoms with Crippen molar-refractivity contribution in [1.29, 1.82) is 0 Å². The highest BCUT2D eigenvalue weighted by Gasteiger charge is 2.42. The van der Waals surface area contributed by atoms with Crippen LogP contribution in [0.4, 0.5) is 0 Å². The number of methoxy groups -OCH3 is 1. The summed E-state index contributed by atoms with van der Waals surface area (Å²) in [7, 11) is 1.59. The third-order valence-corrected chi connectivity index (χ3v) is 4.53.